The summed E-state index contributed by atoms with van der Waals surface area (Å²) in [5, 5.41) is 4.74. The summed E-state index contributed by atoms with van der Waals surface area (Å²) in [7, 11) is 0. The zero-order valence-corrected chi connectivity index (χ0v) is 11.7. The van der Waals surface area contributed by atoms with Gasteiger partial charge in [-0.05, 0) is 24.3 Å². The van der Waals surface area contributed by atoms with Crippen LogP contribution in [0.4, 0.5) is 5.69 Å². The molecule has 19 heavy (non-hydrogen) atoms. The summed E-state index contributed by atoms with van der Waals surface area (Å²) in [6.45, 7) is 0.708. The van der Waals surface area contributed by atoms with E-state index in [4.69, 9.17) is 27.9 Å². The van der Waals surface area contributed by atoms with Crippen LogP contribution in [0.2, 0.25) is 10.0 Å². The van der Waals surface area contributed by atoms with Gasteiger partial charge in [-0.15, -0.1) is 0 Å². The van der Waals surface area contributed by atoms with Gasteiger partial charge >= 0.3 is 0 Å². The third kappa shape index (κ3) is 2.65. The van der Waals surface area contributed by atoms with E-state index in [0.717, 1.165) is 17.9 Å². The minimum Gasteiger partial charge on any atom is -0.493 e. The van der Waals surface area contributed by atoms with Crippen LogP contribution >= 0.6 is 23.2 Å². The molecule has 0 saturated heterocycles. The number of halogens is 2. The fourth-order valence-electron chi connectivity index (χ4n) is 2.29. The van der Waals surface area contributed by atoms with Crippen molar-refractivity contribution < 1.29 is 4.74 Å². The predicted molar refractivity (Wildman–Crippen MR) is 79.4 cm³/mol. The van der Waals surface area contributed by atoms with Crippen LogP contribution in [0, 0.1) is 0 Å². The molecule has 0 aliphatic carbocycles. The van der Waals surface area contributed by atoms with E-state index in [0.29, 0.717) is 16.7 Å². The summed E-state index contributed by atoms with van der Waals surface area (Å²) in [4.78, 5) is 0. The van der Waals surface area contributed by atoms with Gasteiger partial charge in [0.15, 0.2) is 0 Å². The summed E-state index contributed by atoms with van der Waals surface area (Å²) in [5.41, 5.74) is 2.06. The van der Waals surface area contributed by atoms with Crippen LogP contribution in [0.5, 0.6) is 5.75 Å². The van der Waals surface area contributed by atoms with Crippen LogP contribution in [0.25, 0.3) is 0 Å². The molecule has 0 bridgehead atoms. The van der Waals surface area contributed by atoms with Gasteiger partial charge in [-0.3, -0.25) is 0 Å². The third-order valence-corrected chi connectivity index (χ3v) is 3.77. The van der Waals surface area contributed by atoms with Crippen LogP contribution in [0.15, 0.2) is 42.5 Å². The molecular formula is C15H13Cl2NO. The second-order valence-electron chi connectivity index (χ2n) is 4.50. The minimum atomic E-state index is 0.212. The van der Waals surface area contributed by atoms with Crippen molar-refractivity contribution in [3.8, 4) is 5.75 Å². The van der Waals surface area contributed by atoms with Gasteiger partial charge in [0.1, 0.15) is 5.75 Å². The van der Waals surface area contributed by atoms with E-state index in [1.165, 1.54) is 5.56 Å². The Labute approximate surface area is 122 Å². The molecule has 0 fully saturated rings. The predicted octanol–water partition coefficient (Wildman–Crippen LogP) is 4.93. The maximum absolute atomic E-state index is 6.20. The van der Waals surface area contributed by atoms with Gasteiger partial charge in [0.2, 0.25) is 0 Å². The number of ether oxygens (including phenoxy) is 1. The number of hydrogen-bond acceptors (Lipinski definition) is 2. The Kier molecular flexibility index (Phi) is 3.54. The molecule has 2 aromatic carbocycles. The molecule has 4 heteroatoms. The molecule has 2 nitrogen and oxygen atoms in total. The maximum atomic E-state index is 6.20. The van der Waals surface area contributed by atoms with Gasteiger partial charge in [0.05, 0.1) is 23.4 Å². The Hall–Kier alpha value is -1.38. The molecule has 3 rings (SSSR count). The van der Waals surface area contributed by atoms with E-state index in [2.05, 4.69) is 11.4 Å². The maximum Gasteiger partial charge on any atom is 0.124 e. The quantitative estimate of drug-likeness (QED) is 0.848. The molecule has 0 saturated carbocycles. The van der Waals surface area contributed by atoms with E-state index in [1.807, 2.05) is 30.3 Å². The molecule has 1 N–H and O–H groups in total. The molecule has 0 spiro atoms. The minimum absolute atomic E-state index is 0.212. The number of rotatable bonds is 2. The van der Waals surface area contributed by atoms with E-state index in [9.17, 15) is 0 Å². The van der Waals surface area contributed by atoms with Gasteiger partial charge in [0, 0.05) is 17.0 Å². The Morgan fingerprint density at radius 2 is 1.95 bits per heavy atom. The average molecular weight is 294 g/mol. The van der Waals surface area contributed by atoms with Crippen molar-refractivity contribution in [3.05, 3.63) is 58.1 Å². The fraction of sp³-hybridized carbons (Fsp3) is 0.200. The van der Waals surface area contributed by atoms with Crippen LogP contribution in [-0.2, 0) is 0 Å². The van der Waals surface area contributed by atoms with Gasteiger partial charge in [-0.25, -0.2) is 0 Å². The number of benzene rings is 2. The van der Waals surface area contributed by atoms with Gasteiger partial charge < -0.3 is 10.1 Å². The van der Waals surface area contributed by atoms with E-state index in [-0.39, 0.29) is 6.04 Å². The Morgan fingerprint density at radius 1 is 1.11 bits per heavy atom. The summed E-state index contributed by atoms with van der Waals surface area (Å²) in [6, 6.07) is 13.8. The number of nitrogens with one attached hydrogen (secondary N) is 1. The fourth-order valence-corrected chi connectivity index (χ4v) is 2.75. The summed E-state index contributed by atoms with van der Waals surface area (Å²) in [6.07, 6.45) is 0.913. The largest absolute Gasteiger partial charge is 0.493 e. The van der Waals surface area contributed by atoms with Crippen molar-refractivity contribution in [3.63, 3.8) is 0 Å². The lowest BCUT2D eigenvalue weighted by Crippen LogP contribution is -2.20. The first-order valence-corrected chi connectivity index (χ1v) is 6.93. The van der Waals surface area contributed by atoms with Crippen LogP contribution < -0.4 is 10.1 Å². The molecule has 1 unspecified atom stereocenters. The van der Waals surface area contributed by atoms with Crippen molar-refractivity contribution in [2.24, 2.45) is 0 Å². The first-order valence-electron chi connectivity index (χ1n) is 6.17. The van der Waals surface area contributed by atoms with Crippen LogP contribution in [0.1, 0.15) is 18.0 Å². The van der Waals surface area contributed by atoms with Crippen molar-refractivity contribution in [2.45, 2.75) is 12.5 Å². The van der Waals surface area contributed by atoms with Crippen molar-refractivity contribution in [1.82, 2.24) is 0 Å². The lowest BCUT2D eigenvalue weighted by Gasteiger charge is -2.27. The molecule has 2 aromatic rings. The summed E-state index contributed by atoms with van der Waals surface area (Å²) < 4.78 is 5.65. The molecule has 0 amide bonds. The van der Waals surface area contributed by atoms with Crippen molar-refractivity contribution in [2.75, 3.05) is 11.9 Å². The SMILES string of the molecule is Clc1ccc(NC2CCOc3ccccc32)c(Cl)c1. The first-order chi connectivity index (χ1) is 9.24. The number of hydrogen-bond donors (Lipinski definition) is 1. The summed E-state index contributed by atoms with van der Waals surface area (Å²) in [5.74, 6) is 0.941. The molecule has 0 aromatic heterocycles. The average Bonchev–Trinajstić information content (AvgIpc) is 2.42. The lowest BCUT2D eigenvalue weighted by atomic mass is 10.0. The van der Waals surface area contributed by atoms with Crippen LogP contribution in [-0.4, -0.2) is 6.61 Å². The Bertz CT molecular complexity index is 600. The smallest absolute Gasteiger partial charge is 0.124 e. The zero-order valence-electron chi connectivity index (χ0n) is 10.2. The van der Waals surface area contributed by atoms with E-state index in [1.54, 1.807) is 6.07 Å². The topological polar surface area (TPSA) is 21.3 Å². The number of anilines is 1. The highest BCUT2D eigenvalue weighted by atomic mass is 35.5. The van der Waals surface area contributed by atoms with E-state index >= 15 is 0 Å². The highest BCUT2D eigenvalue weighted by Gasteiger charge is 2.21. The third-order valence-electron chi connectivity index (χ3n) is 3.22. The van der Waals surface area contributed by atoms with Crippen LogP contribution in [0.3, 0.4) is 0 Å². The molecule has 1 heterocycles. The second-order valence-corrected chi connectivity index (χ2v) is 5.34. The molecular weight excluding hydrogens is 281 g/mol. The number of para-hydroxylation sites is 1. The standard InChI is InChI=1S/C15H13Cl2NO/c16-10-5-6-14(12(17)9-10)18-13-7-8-19-15-4-2-1-3-11(13)15/h1-6,9,13,18H,7-8H2. The second kappa shape index (κ2) is 5.32. The molecule has 0 radical (unpaired) electrons. The van der Waals surface area contributed by atoms with Gasteiger partial charge in [0.25, 0.3) is 0 Å². The Balaban J connectivity index is 1.88. The highest BCUT2D eigenvalue weighted by Crippen LogP contribution is 2.36. The van der Waals surface area contributed by atoms with E-state index < -0.39 is 0 Å². The Morgan fingerprint density at radius 3 is 2.79 bits per heavy atom. The van der Waals surface area contributed by atoms with Crippen molar-refractivity contribution in [1.29, 1.82) is 0 Å². The van der Waals surface area contributed by atoms with Gasteiger partial charge in [-0.2, -0.15) is 0 Å². The summed E-state index contributed by atoms with van der Waals surface area (Å²) >= 11 is 12.1. The molecule has 1 atom stereocenters. The highest BCUT2D eigenvalue weighted by molar-refractivity contribution is 6.36. The zero-order chi connectivity index (χ0) is 13.2. The molecule has 1 aliphatic rings. The molecule has 98 valence electrons. The van der Waals surface area contributed by atoms with Crippen molar-refractivity contribution >= 4 is 28.9 Å². The lowest BCUT2D eigenvalue weighted by molar-refractivity contribution is 0.274. The van der Waals surface area contributed by atoms with Gasteiger partial charge in [-0.1, -0.05) is 41.4 Å². The first kappa shape index (κ1) is 12.6. The normalized spacial score (nSPS) is 17.5. The monoisotopic (exact) mass is 293 g/mol. The number of fused-ring (bicyclic) bond motifs is 1. The molecule has 1 aliphatic heterocycles.